The molecule has 9 nitrogen and oxygen atoms in total. The third-order valence-corrected chi connectivity index (χ3v) is 6.78. The predicted molar refractivity (Wildman–Crippen MR) is 130 cm³/mol. The minimum absolute atomic E-state index is 0.117. The van der Waals surface area contributed by atoms with Crippen LogP contribution in [0.2, 0.25) is 0 Å². The van der Waals surface area contributed by atoms with Crippen molar-refractivity contribution < 1.29 is 28.6 Å². The number of hydrogen-bond donors (Lipinski definition) is 1. The molecule has 3 heterocycles. The molecule has 182 valence electrons. The first-order valence-corrected chi connectivity index (χ1v) is 11.6. The third kappa shape index (κ3) is 3.69. The second kappa shape index (κ2) is 8.60. The van der Waals surface area contributed by atoms with Gasteiger partial charge in [-0.2, -0.15) is 0 Å². The van der Waals surface area contributed by atoms with Gasteiger partial charge in [-0.1, -0.05) is 12.1 Å². The van der Waals surface area contributed by atoms with Crippen LogP contribution in [0.25, 0.3) is 11.1 Å². The number of nitrogens with one attached hydrogen (secondary N) is 1. The lowest BCUT2D eigenvalue weighted by Crippen LogP contribution is -2.59. The Labute approximate surface area is 207 Å². The molecule has 3 aromatic carbocycles. The van der Waals surface area contributed by atoms with Gasteiger partial charge in [0.15, 0.2) is 11.5 Å². The molecule has 1 saturated heterocycles. The van der Waals surface area contributed by atoms with E-state index >= 15 is 0 Å². The molecule has 36 heavy (non-hydrogen) atoms. The monoisotopic (exact) mass is 485 g/mol. The van der Waals surface area contributed by atoms with Gasteiger partial charge in [-0.15, -0.1) is 0 Å². The van der Waals surface area contributed by atoms with Gasteiger partial charge < -0.3 is 29.3 Å². The molecular formula is C27H23N3O6. The minimum Gasteiger partial charge on any atom is -0.497 e. The highest BCUT2D eigenvalue weighted by Gasteiger charge is 2.40. The Kier molecular flexibility index (Phi) is 5.25. The highest BCUT2D eigenvalue weighted by molar-refractivity contribution is 6.11. The van der Waals surface area contributed by atoms with Gasteiger partial charge in [0, 0.05) is 18.7 Å². The van der Waals surface area contributed by atoms with Gasteiger partial charge in [-0.05, 0) is 59.7 Å². The number of nitrogens with zero attached hydrogens (tertiary/aromatic N) is 2. The lowest BCUT2D eigenvalue weighted by atomic mass is 10.0. The zero-order valence-corrected chi connectivity index (χ0v) is 19.5. The molecule has 0 aromatic heterocycles. The number of anilines is 1. The smallest absolute Gasteiger partial charge is 0.256 e. The van der Waals surface area contributed by atoms with Crippen LogP contribution in [0.4, 0.5) is 5.69 Å². The Balaban J connectivity index is 1.25. The molecular weight excluding hydrogens is 462 g/mol. The quantitative estimate of drug-likeness (QED) is 0.613. The summed E-state index contributed by atoms with van der Waals surface area (Å²) in [5, 5.41) is 2.89. The first kappa shape index (κ1) is 22.0. The maximum Gasteiger partial charge on any atom is 0.256 e. The summed E-state index contributed by atoms with van der Waals surface area (Å²) in [5.74, 6) is 1.24. The second-order valence-corrected chi connectivity index (χ2v) is 8.81. The second-order valence-electron chi connectivity index (χ2n) is 8.81. The maximum atomic E-state index is 13.6. The fourth-order valence-corrected chi connectivity index (χ4v) is 4.81. The summed E-state index contributed by atoms with van der Waals surface area (Å²) in [5.41, 5.74) is 3.06. The Hall–Kier alpha value is -4.53. The van der Waals surface area contributed by atoms with Gasteiger partial charge >= 0.3 is 0 Å². The summed E-state index contributed by atoms with van der Waals surface area (Å²) in [4.78, 5) is 43.0. The zero-order valence-electron chi connectivity index (χ0n) is 19.5. The van der Waals surface area contributed by atoms with Crippen molar-refractivity contribution in [1.29, 1.82) is 0 Å². The fourth-order valence-electron chi connectivity index (χ4n) is 4.81. The number of hydrogen-bond acceptors (Lipinski definition) is 6. The molecule has 1 atom stereocenters. The van der Waals surface area contributed by atoms with Gasteiger partial charge in [0.2, 0.25) is 12.7 Å². The normalized spacial score (nSPS) is 18.2. The number of benzene rings is 3. The van der Waals surface area contributed by atoms with Crippen molar-refractivity contribution in [1.82, 2.24) is 9.80 Å². The molecule has 0 aliphatic carbocycles. The van der Waals surface area contributed by atoms with Crippen LogP contribution in [0.3, 0.4) is 0 Å². The third-order valence-electron chi connectivity index (χ3n) is 6.78. The summed E-state index contributed by atoms with van der Waals surface area (Å²) in [7, 11) is 1.56. The number of rotatable bonds is 3. The molecule has 9 heteroatoms. The first-order chi connectivity index (χ1) is 17.5. The van der Waals surface area contributed by atoms with E-state index in [9.17, 15) is 14.4 Å². The molecule has 0 unspecified atom stereocenters. The molecule has 3 aliphatic heterocycles. The van der Waals surface area contributed by atoms with Crippen molar-refractivity contribution in [3.63, 3.8) is 0 Å². The molecule has 0 spiro atoms. The van der Waals surface area contributed by atoms with Crippen LogP contribution in [0.15, 0.2) is 60.7 Å². The molecule has 3 aliphatic rings. The van der Waals surface area contributed by atoms with Crippen molar-refractivity contribution >= 4 is 23.4 Å². The van der Waals surface area contributed by atoms with E-state index in [4.69, 9.17) is 14.2 Å². The van der Waals surface area contributed by atoms with Gasteiger partial charge in [0.25, 0.3) is 11.8 Å². The van der Waals surface area contributed by atoms with Crippen LogP contribution in [0.1, 0.15) is 20.7 Å². The van der Waals surface area contributed by atoms with Crippen LogP contribution >= 0.6 is 0 Å². The van der Waals surface area contributed by atoms with E-state index < -0.39 is 6.04 Å². The minimum atomic E-state index is -0.783. The van der Waals surface area contributed by atoms with E-state index in [1.54, 1.807) is 53.3 Å². The van der Waals surface area contributed by atoms with Gasteiger partial charge in [-0.3, -0.25) is 14.4 Å². The van der Waals surface area contributed by atoms with E-state index in [1.807, 2.05) is 24.3 Å². The standard InChI is InChI=1S/C27H23N3O6/c1-34-19-6-2-16(3-7-19)26(32)29-10-11-30-22(14-29)25(31)28-21-8-4-17(12-20(21)27(30)33)18-5-9-23-24(13-18)36-15-35-23/h2-9,12-13,22H,10-11,14-15H2,1H3,(H,28,31)/t22-/m0/s1. The largest absolute Gasteiger partial charge is 0.497 e. The van der Waals surface area contributed by atoms with Crippen molar-refractivity contribution in [2.45, 2.75) is 6.04 Å². The zero-order chi connectivity index (χ0) is 24.8. The SMILES string of the molecule is COc1ccc(C(=O)N2CCN3C(=O)c4cc(-c5ccc6c(c5)OCO6)ccc4NC(=O)[C@@H]3C2)cc1. The molecule has 6 rings (SSSR count). The summed E-state index contributed by atoms with van der Waals surface area (Å²) in [6.45, 7) is 0.886. The number of ether oxygens (including phenoxy) is 3. The number of carbonyl (C=O) groups is 3. The van der Waals surface area contributed by atoms with E-state index in [-0.39, 0.29) is 37.6 Å². The van der Waals surface area contributed by atoms with Crippen molar-refractivity contribution in [2.75, 3.05) is 38.9 Å². The molecule has 1 N–H and O–H groups in total. The molecule has 0 saturated carbocycles. The van der Waals surface area contributed by atoms with Crippen LogP contribution in [-0.4, -0.2) is 67.1 Å². The summed E-state index contributed by atoms with van der Waals surface area (Å²) >= 11 is 0. The topological polar surface area (TPSA) is 97.4 Å². The molecule has 3 aromatic rings. The maximum absolute atomic E-state index is 13.6. The van der Waals surface area contributed by atoms with Gasteiger partial charge in [0.05, 0.1) is 24.9 Å². The van der Waals surface area contributed by atoms with Gasteiger partial charge in [-0.25, -0.2) is 0 Å². The van der Waals surface area contributed by atoms with E-state index in [2.05, 4.69) is 5.32 Å². The number of piperazine rings is 1. The van der Waals surface area contributed by atoms with Crippen LogP contribution in [0.5, 0.6) is 17.2 Å². The average Bonchev–Trinajstić information content (AvgIpc) is 3.36. The van der Waals surface area contributed by atoms with E-state index in [1.165, 1.54) is 0 Å². The summed E-state index contributed by atoms with van der Waals surface area (Å²) in [6.07, 6.45) is 0. The number of carbonyl (C=O) groups excluding carboxylic acids is 3. The van der Waals surface area contributed by atoms with Crippen LogP contribution in [-0.2, 0) is 4.79 Å². The lowest BCUT2D eigenvalue weighted by molar-refractivity contribution is -0.121. The lowest BCUT2D eigenvalue weighted by Gasteiger charge is -2.39. The number of fused-ring (bicyclic) bond motifs is 3. The molecule has 3 amide bonds. The highest BCUT2D eigenvalue weighted by atomic mass is 16.7. The van der Waals surface area contributed by atoms with Crippen LogP contribution in [0, 0.1) is 0 Å². The molecule has 0 radical (unpaired) electrons. The van der Waals surface area contributed by atoms with Gasteiger partial charge in [0.1, 0.15) is 11.8 Å². The predicted octanol–water partition coefficient (Wildman–Crippen LogP) is 3.01. The molecule has 1 fully saturated rings. The van der Waals surface area contributed by atoms with Crippen molar-refractivity contribution in [3.8, 4) is 28.4 Å². The van der Waals surface area contributed by atoms with Crippen molar-refractivity contribution in [2.24, 2.45) is 0 Å². The Morgan fingerprint density at radius 2 is 1.69 bits per heavy atom. The summed E-state index contributed by atoms with van der Waals surface area (Å²) in [6, 6.07) is 17.0. The number of amides is 3. The Bertz CT molecular complexity index is 1390. The van der Waals surface area contributed by atoms with E-state index in [0.29, 0.717) is 40.6 Å². The number of methoxy groups -OCH3 is 1. The fraction of sp³-hybridized carbons (Fsp3) is 0.222. The highest BCUT2D eigenvalue weighted by Crippen LogP contribution is 2.37. The van der Waals surface area contributed by atoms with E-state index in [0.717, 1.165) is 11.1 Å². The first-order valence-electron chi connectivity index (χ1n) is 11.6. The van der Waals surface area contributed by atoms with Crippen LogP contribution < -0.4 is 19.5 Å². The van der Waals surface area contributed by atoms with Crippen molar-refractivity contribution in [3.05, 3.63) is 71.8 Å². The summed E-state index contributed by atoms with van der Waals surface area (Å²) < 4.78 is 16.0. The average molecular weight is 485 g/mol. The Morgan fingerprint density at radius 1 is 0.944 bits per heavy atom. The Morgan fingerprint density at radius 3 is 2.50 bits per heavy atom. The molecule has 0 bridgehead atoms.